The molecule has 0 saturated heterocycles. The van der Waals surface area contributed by atoms with Crippen molar-refractivity contribution in [3.63, 3.8) is 0 Å². The maximum atomic E-state index is 13.4. The van der Waals surface area contributed by atoms with Crippen molar-refractivity contribution in [1.82, 2.24) is 20.2 Å². The Morgan fingerprint density at radius 3 is 3.00 bits per heavy atom. The van der Waals surface area contributed by atoms with Crippen molar-refractivity contribution in [1.29, 1.82) is 0 Å². The highest BCUT2D eigenvalue weighted by Gasteiger charge is 2.40. The van der Waals surface area contributed by atoms with Gasteiger partial charge in [0.1, 0.15) is 0 Å². The molecule has 1 aliphatic carbocycles. The number of aromatic nitrogens is 4. The molecule has 2 aromatic heterocycles. The molecule has 2 N–H and O–H groups in total. The van der Waals surface area contributed by atoms with E-state index in [9.17, 15) is 4.39 Å². The van der Waals surface area contributed by atoms with E-state index in [1.807, 2.05) is 6.07 Å². The van der Waals surface area contributed by atoms with Crippen LogP contribution in [-0.2, 0) is 5.41 Å². The summed E-state index contributed by atoms with van der Waals surface area (Å²) < 4.78 is 13.4. The van der Waals surface area contributed by atoms with E-state index in [1.165, 1.54) is 0 Å². The molecule has 1 fully saturated rings. The molecule has 18 heavy (non-hydrogen) atoms. The summed E-state index contributed by atoms with van der Waals surface area (Å²) in [4.78, 5) is 7.32. The molecule has 1 saturated carbocycles. The molecule has 1 aliphatic rings. The van der Waals surface area contributed by atoms with Crippen molar-refractivity contribution < 1.29 is 4.39 Å². The first-order valence-electron chi connectivity index (χ1n) is 5.58. The van der Waals surface area contributed by atoms with Crippen molar-refractivity contribution in [2.45, 2.75) is 25.2 Å². The van der Waals surface area contributed by atoms with Gasteiger partial charge in [0.15, 0.2) is 17.5 Å². The Bertz CT molecular complexity index is 593. The van der Waals surface area contributed by atoms with Gasteiger partial charge in [0, 0.05) is 17.2 Å². The zero-order valence-corrected chi connectivity index (χ0v) is 10.4. The first-order chi connectivity index (χ1) is 8.57. The number of rotatable bonds is 3. The van der Waals surface area contributed by atoms with E-state index in [1.54, 1.807) is 0 Å². The molecule has 5 nitrogen and oxygen atoms in total. The summed E-state index contributed by atoms with van der Waals surface area (Å²) in [5, 5.41) is 9.80. The Kier molecular flexibility index (Phi) is 2.48. The molecular weight excluding hydrogens is 257 g/mol. The highest BCUT2D eigenvalue weighted by Crippen LogP contribution is 2.47. The molecule has 0 radical (unpaired) electrons. The van der Waals surface area contributed by atoms with Crippen LogP contribution in [0.15, 0.2) is 12.3 Å². The zero-order valence-electron chi connectivity index (χ0n) is 9.67. The van der Waals surface area contributed by atoms with E-state index in [0.29, 0.717) is 5.82 Å². The summed E-state index contributed by atoms with van der Waals surface area (Å²) in [6, 6.07) is 1.86. The molecule has 0 bridgehead atoms. The third kappa shape index (κ3) is 2.03. The third-order valence-corrected chi connectivity index (χ3v) is 3.37. The fraction of sp³-hybridized carbons (Fsp3) is 0.364. The molecule has 0 amide bonds. The van der Waals surface area contributed by atoms with Gasteiger partial charge >= 0.3 is 0 Å². The van der Waals surface area contributed by atoms with Crippen LogP contribution in [0.2, 0.25) is 5.28 Å². The topological polar surface area (TPSA) is 66.5 Å². The molecular formula is C11H11ClFN5. The molecule has 0 aromatic carbocycles. The van der Waals surface area contributed by atoms with Gasteiger partial charge in [-0.2, -0.15) is 10.1 Å². The van der Waals surface area contributed by atoms with Gasteiger partial charge in [0.25, 0.3) is 0 Å². The molecule has 7 heteroatoms. The van der Waals surface area contributed by atoms with E-state index in [0.717, 1.165) is 24.7 Å². The van der Waals surface area contributed by atoms with E-state index >= 15 is 0 Å². The smallest absolute Gasteiger partial charge is 0.224 e. The standard InChI is InChI=1S/C11H11ClFN5/c1-11(2-3-11)7-4-8(18-17-7)15-9-6(13)5-14-10(12)16-9/h4-5H,2-3H2,1H3,(H2,14,15,16,17,18). The van der Waals surface area contributed by atoms with Crippen LogP contribution in [0.5, 0.6) is 0 Å². The lowest BCUT2D eigenvalue weighted by atomic mass is 10.1. The minimum atomic E-state index is -0.568. The summed E-state index contributed by atoms with van der Waals surface area (Å²) in [6.07, 6.45) is 3.30. The zero-order chi connectivity index (χ0) is 12.8. The Morgan fingerprint density at radius 2 is 2.28 bits per heavy atom. The van der Waals surface area contributed by atoms with E-state index in [-0.39, 0.29) is 16.5 Å². The van der Waals surface area contributed by atoms with Gasteiger partial charge in [0.2, 0.25) is 5.28 Å². The van der Waals surface area contributed by atoms with Gasteiger partial charge in [-0.1, -0.05) is 6.92 Å². The third-order valence-electron chi connectivity index (χ3n) is 3.19. The molecule has 0 aliphatic heterocycles. The van der Waals surface area contributed by atoms with Gasteiger partial charge in [-0.25, -0.2) is 9.37 Å². The van der Waals surface area contributed by atoms with E-state index < -0.39 is 5.82 Å². The van der Waals surface area contributed by atoms with Crippen LogP contribution in [0.4, 0.5) is 16.0 Å². The lowest BCUT2D eigenvalue weighted by molar-refractivity contribution is 0.618. The van der Waals surface area contributed by atoms with Gasteiger partial charge in [-0.15, -0.1) is 0 Å². The second kappa shape index (κ2) is 3.91. The summed E-state index contributed by atoms with van der Waals surface area (Å²) in [5.74, 6) is -0.0256. The van der Waals surface area contributed by atoms with Crippen molar-refractivity contribution in [3.05, 3.63) is 29.1 Å². The molecule has 3 rings (SSSR count). The maximum Gasteiger partial charge on any atom is 0.224 e. The van der Waals surface area contributed by atoms with Crippen LogP contribution in [0, 0.1) is 5.82 Å². The Balaban J connectivity index is 1.84. The summed E-state index contributed by atoms with van der Waals surface area (Å²) in [6.45, 7) is 2.16. The first kappa shape index (κ1) is 11.4. The highest BCUT2D eigenvalue weighted by molar-refractivity contribution is 6.28. The predicted octanol–water partition coefficient (Wildman–Crippen LogP) is 2.79. The average molecular weight is 268 g/mol. The average Bonchev–Trinajstić information content (AvgIpc) is 2.90. The number of hydrogen-bond acceptors (Lipinski definition) is 4. The van der Waals surface area contributed by atoms with Crippen LogP contribution >= 0.6 is 11.6 Å². The predicted molar refractivity (Wildman–Crippen MR) is 65.5 cm³/mol. The largest absolute Gasteiger partial charge is 0.321 e. The monoisotopic (exact) mass is 267 g/mol. The molecule has 2 aromatic rings. The van der Waals surface area contributed by atoms with Gasteiger partial charge in [-0.05, 0) is 24.4 Å². The number of nitrogens with zero attached hydrogens (tertiary/aromatic N) is 3. The number of nitrogens with one attached hydrogen (secondary N) is 2. The van der Waals surface area contributed by atoms with Gasteiger partial charge in [-0.3, -0.25) is 5.10 Å². The normalized spacial score (nSPS) is 16.6. The SMILES string of the molecule is CC1(c2cc(Nc3nc(Cl)ncc3F)n[nH]2)CC1. The van der Waals surface area contributed by atoms with Crippen molar-refractivity contribution in [3.8, 4) is 0 Å². The molecule has 0 unspecified atom stereocenters. The van der Waals surface area contributed by atoms with Crippen molar-refractivity contribution in [2.24, 2.45) is 0 Å². The number of anilines is 2. The number of aromatic amines is 1. The first-order valence-corrected chi connectivity index (χ1v) is 5.96. The number of hydrogen-bond donors (Lipinski definition) is 2. The van der Waals surface area contributed by atoms with Crippen LogP contribution in [0.25, 0.3) is 0 Å². The second-order valence-electron chi connectivity index (χ2n) is 4.69. The Hall–Kier alpha value is -1.69. The Labute approximate surface area is 108 Å². The fourth-order valence-electron chi connectivity index (χ4n) is 1.71. The molecule has 0 atom stereocenters. The second-order valence-corrected chi connectivity index (χ2v) is 5.03. The lowest BCUT2D eigenvalue weighted by Gasteiger charge is -2.03. The summed E-state index contributed by atoms with van der Waals surface area (Å²) in [5.41, 5.74) is 1.24. The van der Waals surface area contributed by atoms with Gasteiger partial charge < -0.3 is 5.32 Å². The van der Waals surface area contributed by atoms with Crippen molar-refractivity contribution >= 4 is 23.2 Å². The van der Waals surface area contributed by atoms with Crippen LogP contribution in [-0.4, -0.2) is 20.2 Å². The quantitative estimate of drug-likeness (QED) is 0.839. The van der Waals surface area contributed by atoms with E-state index in [2.05, 4.69) is 32.4 Å². The van der Waals surface area contributed by atoms with E-state index in [4.69, 9.17) is 11.6 Å². The molecule has 94 valence electrons. The molecule has 2 heterocycles. The van der Waals surface area contributed by atoms with Crippen LogP contribution < -0.4 is 5.32 Å². The number of halogens is 2. The van der Waals surface area contributed by atoms with Gasteiger partial charge in [0.05, 0.1) is 6.20 Å². The minimum absolute atomic E-state index is 0.0104. The highest BCUT2D eigenvalue weighted by atomic mass is 35.5. The Morgan fingerprint density at radius 1 is 1.50 bits per heavy atom. The maximum absolute atomic E-state index is 13.4. The number of H-pyrrole nitrogens is 1. The fourth-order valence-corrected chi connectivity index (χ4v) is 1.84. The van der Waals surface area contributed by atoms with Crippen LogP contribution in [0.3, 0.4) is 0 Å². The lowest BCUT2D eigenvalue weighted by Crippen LogP contribution is -1.99. The van der Waals surface area contributed by atoms with Crippen LogP contribution in [0.1, 0.15) is 25.5 Å². The molecule has 0 spiro atoms. The summed E-state index contributed by atoms with van der Waals surface area (Å²) >= 11 is 5.61. The minimum Gasteiger partial charge on any atom is -0.321 e. The van der Waals surface area contributed by atoms with Crippen molar-refractivity contribution in [2.75, 3.05) is 5.32 Å². The summed E-state index contributed by atoms with van der Waals surface area (Å²) in [7, 11) is 0.